The van der Waals surface area contributed by atoms with Crippen LogP contribution in [0.2, 0.25) is 0 Å². The minimum absolute atomic E-state index is 0.0332. The average molecular weight is 531 g/mol. The lowest BCUT2D eigenvalue weighted by Gasteiger charge is -2.38. The highest BCUT2D eigenvalue weighted by Gasteiger charge is 2.41. The van der Waals surface area contributed by atoms with Crippen LogP contribution >= 0.6 is 0 Å². The maximum Gasteiger partial charge on any atom is 0.246 e. The Morgan fingerprint density at radius 2 is 1.82 bits per heavy atom. The predicted molar refractivity (Wildman–Crippen MR) is 148 cm³/mol. The van der Waals surface area contributed by atoms with Gasteiger partial charge in [0.2, 0.25) is 23.6 Å². The van der Waals surface area contributed by atoms with E-state index in [9.17, 15) is 19.2 Å². The SMILES string of the molecule is CN[C@@H](C)C(=O)N[C@H](C(=O)N1CCC[C@H]1CN(CCc1ccccc1)C(=O)[C@H](N)CCC(N)=O)C(C)(C)C. The van der Waals surface area contributed by atoms with Gasteiger partial charge in [-0.3, -0.25) is 19.2 Å². The zero-order valence-corrected chi connectivity index (χ0v) is 23.5. The molecule has 0 unspecified atom stereocenters. The first-order valence-corrected chi connectivity index (χ1v) is 13.5. The number of carbonyl (C=O) groups excluding carboxylic acids is 4. The molecule has 1 aliphatic rings. The van der Waals surface area contributed by atoms with E-state index in [4.69, 9.17) is 11.5 Å². The molecule has 0 aliphatic carbocycles. The Labute approximate surface area is 226 Å². The number of likely N-dealkylation sites (N-methyl/N-ethyl adjacent to an activating group) is 1. The fourth-order valence-electron chi connectivity index (χ4n) is 4.64. The molecule has 6 N–H and O–H groups in total. The minimum Gasteiger partial charge on any atom is -0.370 e. The van der Waals surface area contributed by atoms with Gasteiger partial charge in [-0.25, -0.2) is 0 Å². The summed E-state index contributed by atoms with van der Waals surface area (Å²) in [6.07, 6.45) is 2.40. The molecule has 1 fully saturated rings. The Balaban J connectivity index is 2.22. The molecular weight excluding hydrogens is 484 g/mol. The van der Waals surface area contributed by atoms with Crippen LogP contribution in [0.15, 0.2) is 30.3 Å². The Bertz CT molecular complexity index is 948. The van der Waals surface area contributed by atoms with Crippen LogP contribution in [-0.2, 0) is 25.6 Å². The lowest BCUT2D eigenvalue weighted by molar-refractivity contribution is -0.142. The lowest BCUT2D eigenvalue weighted by atomic mass is 9.85. The molecule has 10 heteroatoms. The van der Waals surface area contributed by atoms with Gasteiger partial charge in [-0.05, 0) is 50.6 Å². The van der Waals surface area contributed by atoms with Crippen LogP contribution in [0.3, 0.4) is 0 Å². The number of amides is 4. The molecule has 4 amide bonds. The quantitative estimate of drug-likeness (QED) is 0.296. The topological polar surface area (TPSA) is 151 Å². The zero-order valence-electron chi connectivity index (χ0n) is 23.5. The number of nitrogens with one attached hydrogen (secondary N) is 2. The summed E-state index contributed by atoms with van der Waals surface area (Å²) < 4.78 is 0. The van der Waals surface area contributed by atoms with Gasteiger partial charge in [0.15, 0.2) is 0 Å². The number of hydrogen-bond donors (Lipinski definition) is 4. The molecule has 2 rings (SSSR count). The molecule has 1 aromatic carbocycles. The highest BCUT2D eigenvalue weighted by atomic mass is 16.2. The summed E-state index contributed by atoms with van der Waals surface area (Å²) in [5.41, 5.74) is 12.0. The van der Waals surface area contributed by atoms with Crippen LogP contribution in [-0.4, -0.2) is 84.3 Å². The largest absolute Gasteiger partial charge is 0.370 e. The van der Waals surface area contributed by atoms with Crippen LogP contribution in [0.1, 0.15) is 58.9 Å². The Hall–Kier alpha value is -2.98. The molecule has 1 aliphatic heterocycles. The number of likely N-dealkylation sites (tertiary alicyclic amines) is 1. The first-order chi connectivity index (χ1) is 17.8. The van der Waals surface area contributed by atoms with Crippen molar-refractivity contribution in [2.75, 3.05) is 26.7 Å². The molecule has 10 nitrogen and oxygen atoms in total. The van der Waals surface area contributed by atoms with Crippen LogP contribution in [0.25, 0.3) is 0 Å². The average Bonchev–Trinajstić information content (AvgIpc) is 3.34. The standard InChI is InChI=1S/C28H46N6O4/c1-19(31-5)25(36)32-24(28(2,3)4)27(38)34-16-9-12-21(34)18-33(17-15-20-10-7-6-8-11-20)26(37)22(29)13-14-23(30)35/h6-8,10-11,19,21-22,24,31H,9,12-18,29H2,1-5H3,(H2,30,35)(H,32,36)/t19-,21-,22+,24+/m0/s1. The molecule has 1 saturated heterocycles. The first kappa shape index (κ1) is 31.2. The Kier molecular flexibility index (Phi) is 11.7. The number of rotatable bonds is 13. The van der Waals surface area contributed by atoms with Crippen molar-refractivity contribution < 1.29 is 19.2 Å². The van der Waals surface area contributed by atoms with E-state index < -0.39 is 29.4 Å². The van der Waals surface area contributed by atoms with Crippen molar-refractivity contribution in [2.24, 2.45) is 16.9 Å². The third-order valence-electron chi connectivity index (χ3n) is 7.16. The summed E-state index contributed by atoms with van der Waals surface area (Å²) in [6, 6.07) is 7.65. The van der Waals surface area contributed by atoms with Gasteiger partial charge in [0.1, 0.15) is 6.04 Å². The van der Waals surface area contributed by atoms with Gasteiger partial charge >= 0.3 is 0 Å². The number of nitrogens with two attached hydrogens (primary N) is 2. The van der Waals surface area contributed by atoms with Crippen molar-refractivity contribution in [1.82, 2.24) is 20.4 Å². The number of nitrogens with zero attached hydrogens (tertiary/aromatic N) is 2. The summed E-state index contributed by atoms with van der Waals surface area (Å²) in [5.74, 6) is -1.15. The second kappa shape index (κ2) is 14.2. The molecular formula is C28H46N6O4. The van der Waals surface area contributed by atoms with Crippen molar-refractivity contribution in [3.8, 4) is 0 Å². The normalized spacial score (nSPS) is 17.9. The Morgan fingerprint density at radius 3 is 2.39 bits per heavy atom. The maximum absolute atomic E-state index is 13.8. The van der Waals surface area contributed by atoms with E-state index in [2.05, 4.69) is 10.6 Å². The van der Waals surface area contributed by atoms with Gasteiger partial charge in [0.25, 0.3) is 0 Å². The van der Waals surface area contributed by atoms with E-state index in [0.717, 1.165) is 18.4 Å². The monoisotopic (exact) mass is 530 g/mol. The van der Waals surface area contributed by atoms with Gasteiger partial charge in [-0.2, -0.15) is 0 Å². The lowest BCUT2D eigenvalue weighted by Crippen LogP contribution is -2.59. The molecule has 0 aromatic heterocycles. The van der Waals surface area contributed by atoms with Gasteiger partial charge in [0.05, 0.1) is 12.1 Å². The van der Waals surface area contributed by atoms with Crippen molar-refractivity contribution in [3.05, 3.63) is 35.9 Å². The van der Waals surface area contributed by atoms with E-state index in [1.807, 2.05) is 51.1 Å². The number of carbonyl (C=O) groups is 4. The summed E-state index contributed by atoms with van der Waals surface area (Å²) in [7, 11) is 1.70. The molecule has 1 heterocycles. The molecule has 0 radical (unpaired) electrons. The van der Waals surface area contributed by atoms with E-state index in [1.54, 1.807) is 23.8 Å². The summed E-state index contributed by atoms with van der Waals surface area (Å²) in [4.78, 5) is 54.6. The van der Waals surface area contributed by atoms with Gasteiger partial charge in [-0.15, -0.1) is 0 Å². The molecule has 0 saturated carbocycles. The van der Waals surface area contributed by atoms with E-state index in [0.29, 0.717) is 26.1 Å². The summed E-state index contributed by atoms with van der Waals surface area (Å²) in [5, 5.41) is 5.85. The predicted octanol–water partition coefficient (Wildman–Crippen LogP) is 0.780. The van der Waals surface area contributed by atoms with Crippen LogP contribution in [0, 0.1) is 5.41 Å². The highest BCUT2D eigenvalue weighted by molar-refractivity contribution is 5.90. The first-order valence-electron chi connectivity index (χ1n) is 13.5. The molecule has 4 atom stereocenters. The number of benzene rings is 1. The van der Waals surface area contributed by atoms with Crippen molar-refractivity contribution >= 4 is 23.6 Å². The van der Waals surface area contributed by atoms with Gasteiger partial charge < -0.3 is 31.9 Å². The Morgan fingerprint density at radius 1 is 1.16 bits per heavy atom. The second-order valence-corrected chi connectivity index (χ2v) is 11.3. The highest BCUT2D eigenvalue weighted by Crippen LogP contribution is 2.26. The molecule has 0 spiro atoms. The van der Waals surface area contributed by atoms with E-state index in [1.165, 1.54) is 0 Å². The van der Waals surface area contributed by atoms with E-state index in [-0.39, 0.29) is 36.6 Å². The smallest absolute Gasteiger partial charge is 0.246 e. The fourth-order valence-corrected chi connectivity index (χ4v) is 4.64. The number of hydrogen-bond acceptors (Lipinski definition) is 6. The molecule has 1 aromatic rings. The summed E-state index contributed by atoms with van der Waals surface area (Å²) >= 11 is 0. The fraction of sp³-hybridized carbons (Fsp3) is 0.643. The van der Waals surface area contributed by atoms with Crippen LogP contribution in [0.5, 0.6) is 0 Å². The second-order valence-electron chi connectivity index (χ2n) is 11.3. The van der Waals surface area contributed by atoms with Gasteiger partial charge in [0, 0.05) is 32.1 Å². The summed E-state index contributed by atoms with van der Waals surface area (Å²) in [6.45, 7) is 8.86. The van der Waals surface area contributed by atoms with Crippen LogP contribution < -0.4 is 22.1 Å². The van der Waals surface area contributed by atoms with Crippen LogP contribution in [0.4, 0.5) is 0 Å². The van der Waals surface area contributed by atoms with E-state index >= 15 is 0 Å². The molecule has 0 bridgehead atoms. The third kappa shape index (κ3) is 9.09. The minimum atomic E-state index is -0.853. The molecule has 38 heavy (non-hydrogen) atoms. The van der Waals surface area contributed by atoms with Crippen molar-refractivity contribution in [3.63, 3.8) is 0 Å². The maximum atomic E-state index is 13.8. The number of primary amides is 1. The third-order valence-corrected chi connectivity index (χ3v) is 7.16. The van der Waals surface area contributed by atoms with Crippen molar-refractivity contribution in [2.45, 2.75) is 84.0 Å². The zero-order chi connectivity index (χ0) is 28.5. The molecule has 212 valence electrons. The van der Waals surface area contributed by atoms with Gasteiger partial charge in [-0.1, -0.05) is 51.1 Å². The van der Waals surface area contributed by atoms with Crippen molar-refractivity contribution in [1.29, 1.82) is 0 Å².